The zero-order chi connectivity index (χ0) is 18.6. The summed E-state index contributed by atoms with van der Waals surface area (Å²) in [6, 6.07) is 6.88. The van der Waals surface area contributed by atoms with Gasteiger partial charge in [-0.05, 0) is 44.4 Å². The summed E-state index contributed by atoms with van der Waals surface area (Å²) in [5.41, 5.74) is 6.51. The van der Waals surface area contributed by atoms with Crippen LogP contribution in [0.4, 0.5) is 0 Å². The predicted molar refractivity (Wildman–Crippen MR) is 104 cm³/mol. The Balaban J connectivity index is 0.00000261. The first kappa shape index (κ1) is 21.8. The monoisotopic (exact) mass is 415 g/mol. The molecule has 150 valence electrons. The number of nitrogens with one attached hydrogen (secondary N) is 1. The van der Waals surface area contributed by atoms with Crippen molar-refractivity contribution < 1.29 is 12.9 Å². The van der Waals surface area contributed by atoms with E-state index in [2.05, 4.69) is 19.8 Å². The molecular weight excluding hydrogens is 390 g/mol. The van der Waals surface area contributed by atoms with Crippen LogP contribution in [0.1, 0.15) is 30.1 Å². The highest BCUT2D eigenvalue weighted by Gasteiger charge is 2.23. The molecule has 1 atom stereocenters. The first-order valence-electron chi connectivity index (χ1n) is 8.76. The number of hydrogen-bond acceptors (Lipinski definition) is 7. The van der Waals surface area contributed by atoms with Crippen molar-refractivity contribution in [1.82, 2.24) is 19.8 Å². The van der Waals surface area contributed by atoms with Crippen molar-refractivity contribution in [2.75, 3.05) is 19.6 Å². The molecule has 1 fully saturated rings. The maximum atomic E-state index is 12.4. The van der Waals surface area contributed by atoms with E-state index in [1.807, 2.05) is 6.92 Å². The van der Waals surface area contributed by atoms with Gasteiger partial charge in [0.1, 0.15) is 0 Å². The Bertz CT molecular complexity index is 825. The molecule has 0 spiro atoms. The van der Waals surface area contributed by atoms with E-state index in [1.54, 1.807) is 24.3 Å². The zero-order valence-electron chi connectivity index (χ0n) is 15.3. The molecule has 1 aromatic carbocycles. The standard InChI is InChI=1S/C17H25N5O3S.ClH/c1-13-4-6-15(7-5-13)26(23,24)19-10-14-3-2-8-22(11-14)12-16-20-17(9-18)25-21-16;/h4-7,14,19H,2-3,8-12,18H2,1H3;1H. The fourth-order valence-electron chi connectivity index (χ4n) is 3.13. The zero-order valence-corrected chi connectivity index (χ0v) is 16.9. The number of piperidine rings is 1. The second kappa shape index (κ2) is 9.61. The molecule has 2 heterocycles. The lowest BCUT2D eigenvalue weighted by atomic mass is 9.98. The van der Waals surface area contributed by atoms with Crippen molar-refractivity contribution in [3.05, 3.63) is 41.5 Å². The van der Waals surface area contributed by atoms with Crippen LogP contribution in [0.2, 0.25) is 0 Å². The van der Waals surface area contributed by atoms with Crippen LogP contribution in [-0.4, -0.2) is 43.1 Å². The normalized spacial score (nSPS) is 18.2. The Morgan fingerprint density at radius 3 is 2.74 bits per heavy atom. The molecule has 10 heteroatoms. The molecule has 0 amide bonds. The summed E-state index contributed by atoms with van der Waals surface area (Å²) in [5.74, 6) is 1.30. The van der Waals surface area contributed by atoms with Crippen LogP contribution in [0.3, 0.4) is 0 Å². The minimum atomic E-state index is -3.47. The lowest BCUT2D eigenvalue weighted by Crippen LogP contribution is -2.40. The number of benzene rings is 1. The van der Waals surface area contributed by atoms with E-state index in [1.165, 1.54) is 0 Å². The number of rotatable bonds is 7. The van der Waals surface area contributed by atoms with Gasteiger partial charge >= 0.3 is 0 Å². The average molecular weight is 416 g/mol. The Morgan fingerprint density at radius 1 is 1.33 bits per heavy atom. The lowest BCUT2D eigenvalue weighted by molar-refractivity contribution is 0.163. The minimum Gasteiger partial charge on any atom is -0.338 e. The molecule has 0 aliphatic carbocycles. The van der Waals surface area contributed by atoms with Gasteiger partial charge in [0, 0.05) is 13.1 Å². The number of halogens is 1. The van der Waals surface area contributed by atoms with Crippen LogP contribution < -0.4 is 10.5 Å². The molecule has 8 nitrogen and oxygen atoms in total. The number of sulfonamides is 1. The molecule has 0 bridgehead atoms. The molecule has 1 aliphatic rings. The van der Waals surface area contributed by atoms with E-state index in [4.69, 9.17) is 10.3 Å². The SMILES string of the molecule is Cc1ccc(S(=O)(=O)NCC2CCCN(Cc3noc(CN)n3)C2)cc1.Cl. The molecule has 1 aromatic heterocycles. The predicted octanol–water partition coefficient (Wildman–Crippen LogP) is 1.45. The van der Waals surface area contributed by atoms with Gasteiger partial charge in [0.15, 0.2) is 5.82 Å². The van der Waals surface area contributed by atoms with Crippen molar-refractivity contribution in [1.29, 1.82) is 0 Å². The summed E-state index contributed by atoms with van der Waals surface area (Å²) in [7, 11) is -3.47. The highest BCUT2D eigenvalue weighted by atomic mass is 35.5. The van der Waals surface area contributed by atoms with Crippen molar-refractivity contribution in [3.63, 3.8) is 0 Å². The van der Waals surface area contributed by atoms with Crippen molar-refractivity contribution in [2.24, 2.45) is 11.7 Å². The quantitative estimate of drug-likeness (QED) is 0.703. The Hall–Kier alpha value is -1.52. The topological polar surface area (TPSA) is 114 Å². The smallest absolute Gasteiger partial charge is 0.240 e. The number of likely N-dealkylation sites (tertiary alicyclic amines) is 1. The van der Waals surface area contributed by atoms with E-state index in [0.717, 1.165) is 31.5 Å². The molecule has 0 radical (unpaired) electrons. The average Bonchev–Trinajstić information content (AvgIpc) is 3.08. The van der Waals surface area contributed by atoms with Gasteiger partial charge < -0.3 is 10.3 Å². The van der Waals surface area contributed by atoms with Crippen molar-refractivity contribution in [2.45, 2.75) is 37.8 Å². The Morgan fingerprint density at radius 2 is 2.07 bits per heavy atom. The highest BCUT2D eigenvalue weighted by molar-refractivity contribution is 7.89. The second-order valence-electron chi connectivity index (χ2n) is 6.72. The van der Waals surface area contributed by atoms with Gasteiger partial charge in [0.2, 0.25) is 15.9 Å². The van der Waals surface area contributed by atoms with Crippen LogP contribution >= 0.6 is 12.4 Å². The number of aromatic nitrogens is 2. The molecule has 1 unspecified atom stereocenters. The second-order valence-corrected chi connectivity index (χ2v) is 8.48. The van der Waals surface area contributed by atoms with Crippen LogP contribution in [0.25, 0.3) is 0 Å². The van der Waals surface area contributed by atoms with Crippen LogP contribution in [0.15, 0.2) is 33.7 Å². The number of hydrogen-bond donors (Lipinski definition) is 2. The summed E-state index contributed by atoms with van der Waals surface area (Å²) < 4.78 is 32.6. The third kappa shape index (κ3) is 5.98. The third-order valence-corrected chi connectivity index (χ3v) is 5.99. The van der Waals surface area contributed by atoms with Crippen molar-refractivity contribution >= 4 is 22.4 Å². The summed E-state index contributed by atoms with van der Waals surface area (Å²) >= 11 is 0. The summed E-state index contributed by atoms with van der Waals surface area (Å²) in [5, 5.41) is 3.92. The molecule has 27 heavy (non-hydrogen) atoms. The van der Waals surface area contributed by atoms with Crippen LogP contribution in [0.5, 0.6) is 0 Å². The number of nitrogens with two attached hydrogens (primary N) is 1. The first-order valence-corrected chi connectivity index (χ1v) is 10.2. The maximum absolute atomic E-state index is 12.4. The summed E-state index contributed by atoms with van der Waals surface area (Å²) in [6.45, 7) is 4.91. The molecule has 2 aromatic rings. The van der Waals surface area contributed by atoms with E-state index in [-0.39, 0.29) is 24.9 Å². The van der Waals surface area contributed by atoms with E-state index < -0.39 is 10.0 Å². The lowest BCUT2D eigenvalue weighted by Gasteiger charge is -2.31. The number of nitrogens with zero attached hydrogens (tertiary/aromatic N) is 3. The van der Waals surface area contributed by atoms with E-state index in [0.29, 0.717) is 29.7 Å². The maximum Gasteiger partial charge on any atom is 0.240 e. The Kier molecular flexibility index (Phi) is 7.75. The fourth-order valence-corrected chi connectivity index (χ4v) is 4.24. The van der Waals surface area contributed by atoms with Gasteiger partial charge in [0.25, 0.3) is 0 Å². The Labute approximate surface area is 166 Å². The summed E-state index contributed by atoms with van der Waals surface area (Å²) in [4.78, 5) is 6.75. The minimum absolute atomic E-state index is 0. The molecule has 0 saturated carbocycles. The summed E-state index contributed by atoms with van der Waals surface area (Å²) in [6.07, 6.45) is 2.01. The largest absolute Gasteiger partial charge is 0.338 e. The fraction of sp³-hybridized carbons (Fsp3) is 0.529. The van der Waals surface area contributed by atoms with Gasteiger partial charge in [-0.3, -0.25) is 4.90 Å². The number of aryl methyl sites for hydroxylation is 1. The van der Waals surface area contributed by atoms with Gasteiger partial charge in [-0.25, -0.2) is 13.1 Å². The van der Waals surface area contributed by atoms with Crippen LogP contribution in [-0.2, 0) is 23.1 Å². The van der Waals surface area contributed by atoms with Gasteiger partial charge in [-0.1, -0.05) is 22.9 Å². The molecular formula is C17H26ClN5O3S. The van der Waals surface area contributed by atoms with Gasteiger partial charge in [-0.15, -0.1) is 12.4 Å². The first-order chi connectivity index (χ1) is 12.5. The molecule has 3 N–H and O–H groups in total. The van der Waals surface area contributed by atoms with E-state index >= 15 is 0 Å². The molecule has 1 saturated heterocycles. The molecule has 3 rings (SSSR count). The van der Waals surface area contributed by atoms with Gasteiger partial charge in [-0.2, -0.15) is 4.98 Å². The highest BCUT2D eigenvalue weighted by Crippen LogP contribution is 2.18. The van der Waals surface area contributed by atoms with Crippen LogP contribution in [0, 0.1) is 12.8 Å². The third-order valence-electron chi connectivity index (χ3n) is 4.55. The van der Waals surface area contributed by atoms with Crippen molar-refractivity contribution in [3.8, 4) is 0 Å². The molecule has 1 aliphatic heterocycles. The van der Waals surface area contributed by atoms with Gasteiger partial charge in [0.05, 0.1) is 18.0 Å². The van der Waals surface area contributed by atoms with E-state index in [9.17, 15) is 8.42 Å².